The molecule has 6 rings (SSSR count). The number of nitrogens with two attached hydrogens (primary N) is 6. The molecule has 0 saturated carbocycles. The lowest BCUT2D eigenvalue weighted by molar-refractivity contribution is 0.102. The molecule has 0 aliphatic rings. The summed E-state index contributed by atoms with van der Waals surface area (Å²) in [5.74, 6) is 1.35. The second-order valence-electron chi connectivity index (χ2n) is 10.6. The van der Waals surface area contributed by atoms with Crippen LogP contribution in [-0.4, -0.2) is 5.91 Å². The quantitative estimate of drug-likeness (QED) is 0.0944. The summed E-state index contributed by atoms with van der Waals surface area (Å²) in [6.07, 6.45) is 0.917. The number of nitrogen functional groups attached to an aromatic ring is 6. The minimum Gasteiger partial charge on any atom is -0.457 e. The Morgan fingerprint density at radius 1 is 0.426 bits per heavy atom. The van der Waals surface area contributed by atoms with Gasteiger partial charge in [-0.3, -0.25) is 4.79 Å². The van der Waals surface area contributed by atoms with Crippen LogP contribution in [-0.2, 0) is 6.42 Å². The van der Waals surface area contributed by atoms with Gasteiger partial charge in [-0.05, 0) is 139 Å². The van der Waals surface area contributed by atoms with Crippen LogP contribution in [0.5, 0.6) is 11.5 Å². The van der Waals surface area contributed by atoms with Crippen LogP contribution in [0, 0.1) is 0 Å². The molecule has 9 heteroatoms. The van der Waals surface area contributed by atoms with E-state index in [-0.39, 0.29) is 5.91 Å². The Labute approximate surface area is 274 Å². The zero-order chi connectivity index (χ0) is 33.6. The third-order valence-corrected chi connectivity index (χ3v) is 6.71. The molecule has 0 spiro atoms. The number of carbonyl (C=O) groups excluding carboxylic acids is 1. The van der Waals surface area contributed by atoms with Crippen molar-refractivity contribution in [1.82, 2.24) is 0 Å². The molecule has 0 bridgehead atoms. The van der Waals surface area contributed by atoms with Crippen molar-refractivity contribution in [3.63, 3.8) is 0 Å². The van der Waals surface area contributed by atoms with Gasteiger partial charge in [0.2, 0.25) is 0 Å². The van der Waals surface area contributed by atoms with Crippen molar-refractivity contribution < 1.29 is 9.53 Å². The summed E-state index contributed by atoms with van der Waals surface area (Å²) >= 11 is 0. The third-order valence-electron chi connectivity index (χ3n) is 6.71. The van der Waals surface area contributed by atoms with Gasteiger partial charge in [-0.2, -0.15) is 0 Å². The molecule has 238 valence electrons. The van der Waals surface area contributed by atoms with Crippen molar-refractivity contribution in [3.8, 4) is 11.5 Å². The largest absolute Gasteiger partial charge is 0.457 e. The van der Waals surface area contributed by atoms with Gasteiger partial charge in [0.1, 0.15) is 11.5 Å². The number of rotatable bonds is 6. The highest BCUT2D eigenvalue weighted by Gasteiger charge is 2.05. The van der Waals surface area contributed by atoms with Gasteiger partial charge in [-0.1, -0.05) is 24.3 Å². The molecule has 0 fully saturated rings. The monoisotopic (exact) mass is 625 g/mol. The first kappa shape index (κ1) is 33.3. The number of hydrogen-bond donors (Lipinski definition) is 7. The molecule has 0 atom stereocenters. The third kappa shape index (κ3) is 11.4. The zero-order valence-corrected chi connectivity index (χ0v) is 25.8. The highest BCUT2D eigenvalue weighted by Crippen LogP contribution is 2.23. The van der Waals surface area contributed by atoms with Gasteiger partial charge < -0.3 is 44.5 Å². The van der Waals surface area contributed by atoms with Crippen LogP contribution < -0.4 is 44.5 Å². The fourth-order valence-electron chi connectivity index (χ4n) is 4.12. The van der Waals surface area contributed by atoms with E-state index in [1.807, 2.05) is 72.8 Å². The fourth-order valence-corrected chi connectivity index (χ4v) is 4.12. The van der Waals surface area contributed by atoms with Crippen molar-refractivity contribution in [2.24, 2.45) is 0 Å². The summed E-state index contributed by atoms with van der Waals surface area (Å²) in [5.41, 5.74) is 41.6. The first-order valence-corrected chi connectivity index (χ1v) is 14.7. The first-order chi connectivity index (χ1) is 22.6. The maximum atomic E-state index is 11.8. The second-order valence-corrected chi connectivity index (χ2v) is 10.6. The molecule has 0 aliphatic heterocycles. The van der Waals surface area contributed by atoms with Crippen LogP contribution in [0.25, 0.3) is 0 Å². The second kappa shape index (κ2) is 16.5. The maximum absolute atomic E-state index is 11.8. The Morgan fingerprint density at radius 2 is 0.723 bits per heavy atom. The van der Waals surface area contributed by atoms with Crippen LogP contribution in [0.2, 0.25) is 0 Å². The predicted octanol–water partition coefficient (Wildman–Crippen LogP) is 7.19. The van der Waals surface area contributed by atoms with Crippen LogP contribution in [0.4, 0.5) is 39.8 Å². The Morgan fingerprint density at radius 3 is 1.09 bits per heavy atom. The molecule has 0 heterocycles. The average molecular weight is 626 g/mol. The van der Waals surface area contributed by atoms with E-state index in [0.717, 1.165) is 40.7 Å². The number of amides is 1. The molecule has 13 N–H and O–H groups in total. The Balaban J connectivity index is 0.000000160. The molecule has 0 saturated heterocycles. The minimum absolute atomic E-state index is 0.172. The van der Waals surface area contributed by atoms with Crippen molar-refractivity contribution >= 4 is 45.7 Å². The number of carbonyl (C=O) groups is 1. The SMILES string of the molecule is Nc1ccc(Cc2ccc(N)cc2)cc1.Nc1ccc(NC(=O)c2ccc(N)cc2)cc1.Nc1ccc(Oc2ccc(N)cc2)cc1. The van der Waals surface area contributed by atoms with E-state index in [1.54, 1.807) is 72.8 Å². The normalized spacial score (nSPS) is 9.96. The summed E-state index contributed by atoms with van der Waals surface area (Å²) in [4.78, 5) is 11.8. The van der Waals surface area contributed by atoms with Gasteiger partial charge in [0.25, 0.3) is 5.91 Å². The topological polar surface area (TPSA) is 194 Å². The Kier molecular flexibility index (Phi) is 11.7. The van der Waals surface area contributed by atoms with E-state index in [2.05, 4.69) is 5.32 Å². The summed E-state index contributed by atoms with van der Waals surface area (Å²) < 4.78 is 5.58. The number of benzene rings is 6. The predicted molar refractivity (Wildman–Crippen MR) is 196 cm³/mol. The van der Waals surface area contributed by atoms with Crippen molar-refractivity contribution in [1.29, 1.82) is 0 Å². The number of hydrogen-bond acceptors (Lipinski definition) is 8. The molecule has 6 aromatic rings. The highest BCUT2D eigenvalue weighted by atomic mass is 16.5. The van der Waals surface area contributed by atoms with Crippen molar-refractivity contribution in [2.45, 2.75) is 6.42 Å². The average Bonchev–Trinajstić information content (AvgIpc) is 3.07. The smallest absolute Gasteiger partial charge is 0.255 e. The van der Waals surface area contributed by atoms with Crippen LogP contribution in [0.3, 0.4) is 0 Å². The number of anilines is 7. The van der Waals surface area contributed by atoms with Gasteiger partial charge in [0.05, 0.1) is 0 Å². The molecule has 6 aromatic carbocycles. The zero-order valence-electron chi connectivity index (χ0n) is 25.8. The van der Waals surface area contributed by atoms with Gasteiger partial charge in [-0.15, -0.1) is 0 Å². The maximum Gasteiger partial charge on any atom is 0.255 e. The number of ether oxygens (including phenoxy) is 1. The summed E-state index contributed by atoms with van der Waals surface area (Å²) in [5, 5.41) is 2.77. The summed E-state index contributed by atoms with van der Waals surface area (Å²) in [6, 6.07) is 44.1. The Hall–Kier alpha value is -6.61. The highest BCUT2D eigenvalue weighted by molar-refractivity contribution is 6.04. The van der Waals surface area contributed by atoms with E-state index in [0.29, 0.717) is 22.6 Å². The lowest BCUT2D eigenvalue weighted by Gasteiger charge is -2.05. The molecule has 0 radical (unpaired) electrons. The van der Waals surface area contributed by atoms with Gasteiger partial charge in [0.15, 0.2) is 0 Å². The fraction of sp³-hybridized carbons (Fsp3) is 0.0263. The lowest BCUT2D eigenvalue weighted by atomic mass is 10.0. The molecular weight excluding hydrogens is 586 g/mol. The molecule has 0 aromatic heterocycles. The molecule has 0 unspecified atom stereocenters. The van der Waals surface area contributed by atoms with Crippen molar-refractivity contribution in [3.05, 3.63) is 162 Å². The van der Waals surface area contributed by atoms with E-state index in [1.165, 1.54) is 11.1 Å². The molecular formula is C38H39N7O2. The van der Waals surface area contributed by atoms with E-state index in [4.69, 9.17) is 39.1 Å². The standard InChI is InChI=1S/C13H13N3O.C13H14N2.C12H12N2O/c14-10-3-1-9(2-4-10)13(17)16-12-7-5-11(15)6-8-12;14-12-5-1-10(2-6-12)9-11-3-7-13(15)8-4-11;13-9-1-5-11(6-2-9)15-12-7-3-10(14)4-8-12/h1-8H,14-15H2,(H,16,17);1-8H,9,14-15H2;1-8H,13-14H2. The number of nitrogens with one attached hydrogen (secondary N) is 1. The van der Waals surface area contributed by atoms with Gasteiger partial charge in [0, 0.05) is 45.4 Å². The minimum atomic E-state index is -0.172. The van der Waals surface area contributed by atoms with Crippen molar-refractivity contribution in [2.75, 3.05) is 39.7 Å². The van der Waals surface area contributed by atoms with E-state index < -0.39 is 0 Å². The summed E-state index contributed by atoms with van der Waals surface area (Å²) in [7, 11) is 0. The van der Waals surface area contributed by atoms with Crippen LogP contribution in [0.15, 0.2) is 146 Å². The van der Waals surface area contributed by atoms with Gasteiger partial charge in [-0.25, -0.2) is 0 Å². The molecule has 9 nitrogen and oxygen atoms in total. The first-order valence-electron chi connectivity index (χ1n) is 14.7. The van der Waals surface area contributed by atoms with Crippen LogP contribution in [0.1, 0.15) is 21.5 Å². The summed E-state index contributed by atoms with van der Waals surface area (Å²) in [6.45, 7) is 0. The van der Waals surface area contributed by atoms with E-state index >= 15 is 0 Å². The van der Waals surface area contributed by atoms with Crippen LogP contribution >= 0.6 is 0 Å². The Bertz CT molecular complexity index is 1650. The molecule has 47 heavy (non-hydrogen) atoms. The van der Waals surface area contributed by atoms with E-state index in [9.17, 15) is 4.79 Å². The molecule has 0 aliphatic carbocycles. The lowest BCUT2D eigenvalue weighted by Crippen LogP contribution is -2.11. The van der Waals surface area contributed by atoms with Gasteiger partial charge >= 0.3 is 0 Å². The molecule has 1 amide bonds.